The Hall–Kier alpha value is -2.52. The Kier molecular flexibility index (Phi) is 8.80. The summed E-state index contributed by atoms with van der Waals surface area (Å²) in [4.78, 5) is 43.9. The third-order valence-electron chi connectivity index (χ3n) is 7.20. The minimum absolute atomic E-state index is 0.239. The van der Waals surface area contributed by atoms with Crippen LogP contribution in [0.2, 0.25) is 0 Å². The summed E-state index contributed by atoms with van der Waals surface area (Å²) in [5.41, 5.74) is 8.83. The van der Waals surface area contributed by atoms with Crippen molar-refractivity contribution in [2.45, 2.75) is 64.1 Å². The van der Waals surface area contributed by atoms with Crippen molar-refractivity contribution in [3.05, 3.63) is 10.4 Å². The molecule has 0 N–H and O–H groups in total. The van der Waals surface area contributed by atoms with Gasteiger partial charge in [0.05, 0.1) is 26.4 Å². The largest absolute Gasteiger partial charge is 0.465 e. The fourth-order valence-electron chi connectivity index (χ4n) is 5.75. The zero-order valence-electron chi connectivity index (χ0n) is 19.7. The SMILES string of the molecule is CCOC(=O)C1CC(N=[N+]=[N-])CN1CC1CCC2CN(C(=O)OC)C(C(=O)OCC)CC2C1. The molecule has 0 radical (unpaired) electrons. The third-order valence-corrected chi connectivity index (χ3v) is 7.20. The van der Waals surface area contributed by atoms with Crippen molar-refractivity contribution in [1.29, 1.82) is 0 Å². The van der Waals surface area contributed by atoms with E-state index < -0.39 is 18.2 Å². The molecular weight excluding hydrogens is 430 g/mol. The summed E-state index contributed by atoms with van der Waals surface area (Å²) in [5, 5.41) is 3.84. The lowest BCUT2D eigenvalue weighted by Gasteiger charge is -2.46. The molecule has 2 saturated heterocycles. The van der Waals surface area contributed by atoms with Gasteiger partial charge in [0.15, 0.2) is 0 Å². The second-order valence-corrected chi connectivity index (χ2v) is 9.14. The normalized spacial score (nSPS) is 31.8. The van der Waals surface area contributed by atoms with Crippen LogP contribution in [-0.2, 0) is 23.8 Å². The maximum Gasteiger partial charge on any atom is 0.410 e. The molecule has 33 heavy (non-hydrogen) atoms. The molecular formula is C22H35N5O6. The summed E-state index contributed by atoms with van der Waals surface area (Å²) in [6.45, 7) is 5.86. The Morgan fingerprint density at radius 3 is 2.30 bits per heavy atom. The summed E-state index contributed by atoms with van der Waals surface area (Å²) in [7, 11) is 1.33. The monoisotopic (exact) mass is 465 g/mol. The molecule has 2 heterocycles. The van der Waals surface area contributed by atoms with Crippen molar-refractivity contribution >= 4 is 18.0 Å². The third kappa shape index (κ3) is 5.89. The van der Waals surface area contributed by atoms with Gasteiger partial charge in [0.2, 0.25) is 0 Å². The molecule has 0 aromatic rings. The number of amides is 1. The molecule has 1 saturated carbocycles. The number of likely N-dealkylation sites (tertiary alicyclic amines) is 2. The van der Waals surface area contributed by atoms with Gasteiger partial charge in [-0.15, -0.1) is 0 Å². The molecule has 11 heteroatoms. The van der Waals surface area contributed by atoms with E-state index in [0.29, 0.717) is 44.4 Å². The Balaban J connectivity index is 1.67. The molecule has 11 nitrogen and oxygen atoms in total. The van der Waals surface area contributed by atoms with Crippen LogP contribution >= 0.6 is 0 Å². The van der Waals surface area contributed by atoms with Crippen LogP contribution in [0.5, 0.6) is 0 Å². The van der Waals surface area contributed by atoms with Crippen molar-refractivity contribution in [1.82, 2.24) is 9.80 Å². The van der Waals surface area contributed by atoms with Gasteiger partial charge >= 0.3 is 18.0 Å². The molecule has 184 valence electrons. The number of esters is 2. The van der Waals surface area contributed by atoms with E-state index in [0.717, 1.165) is 25.8 Å². The maximum absolute atomic E-state index is 12.6. The zero-order valence-corrected chi connectivity index (χ0v) is 19.7. The summed E-state index contributed by atoms with van der Waals surface area (Å²) in [6.07, 6.45) is 3.35. The van der Waals surface area contributed by atoms with E-state index in [1.54, 1.807) is 13.8 Å². The molecule has 0 aromatic heterocycles. The summed E-state index contributed by atoms with van der Waals surface area (Å²) in [5.74, 6) is 0.288. The number of fused-ring (bicyclic) bond motifs is 1. The molecule has 3 rings (SSSR count). The first-order valence-corrected chi connectivity index (χ1v) is 11.9. The highest BCUT2D eigenvalue weighted by Crippen LogP contribution is 2.42. The lowest BCUT2D eigenvalue weighted by Crippen LogP contribution is -2.55. The van der Waals surface area contributed by atoms with Crippen molar-refractivity contribution < 1.29 is 28.6 Å². The second-order valence-electron chi connectivity index (χ2n) is 9.14. The predicted octanol–water partition coefficient (Wildman–Crippen LogP) is 2.74. The van der Waals surface area contributed by atoms with Crippen LogP contribution in [0.4, 0.5) is 4.79 Å². The quantitative estimate of drug-likeness (QED) is 0.185. The molecule has 6 atom stereocenters. The van der Waals surface area contributed by atoms with Crippen molar-refractivity contribution in [3.63, 3.8) is 0 Å². The molecule has 6 unspecified atom stereocenters. The number of piperidine rings is 1. The van der Waals surface area contributed by atoms with Crippen molar-refractivity contribution in [2.24, 2.45) is 22.9 Å². The van der Waals surface area contributed by atoms with Gasteiger partial charge in [-0.2, -0.15) is 0 Å². The Morgan fingerprint density at radius 2 is 1.67 bits per heavy atom. The van der Waals surface area contributed by atoms with Gasteiger partial charge < -0.3 is 14.2 Å². The Labute approximate surface area is 194 Å². The van der Waals surface area contributed by atoms with Gasteiger partial charge in [-0.25, -0.2) is 9.59 Å². The maximum atomic E-state index is 12.6. The highest BCUT2D eigenvalue weighted by molar-refractivity contribution is 5.81. The van der Waals surface area contributed by atoms with E-state index in [-0.39, 0.29) is 30.5 Å². The van der Waals surface area contributed by atoms with Gasteiger partial charge in [0.1, 0.15) is 12.1 Å². The van der Waals surface area contributed by atoms with Crippen molar-refractivity contribution in [2.75, 3.05) is 40.0 Å². The van der Waals surface area contributed by atoms with Gasteiger partial charge in [0.25, 0.3) is 0 Å². The number of carbonyl (C=O) groups excluding carboxylic acids is 3. The Morgan fingerprint density at radius 1 is 0.970 bits per heavy atom. The highest BCUT2D eigenvalue weighted by Gasteiger charge is 2.46. The van der Waals surface area contributed by atoms with Crippen LogP contribution in [0, 0.1) is 17.8 Å². The van der Waals surface area contributed by atoms with E-state index in [1.165, 1.54) is 12.0 Å². The lowest BCUT2D eigenvalue weighted by molar-refractivity contribution is -0.153. The lowest BCUT2D eigenvalue weighted by atomic mass is 9.69. The number of azide groups is 1. The minimum atomic E-state index is -0.634. The van der Waals surface area contributed by atoms with Crippen LogP contribution < -0.4 is 0 Å². The first-order valence-electron chi connectivity index (χ1n) is 11.9. The van der Waals surface area contributed by atoms with E-state index in [1.807, 2.05) is 0 Å². The fraction of sp³-hybridized carbons (Fsp3) is 0.864. The van der Waals surface area contributed by atoms with Gasteiger partial charge in [0, 0.05) is 24.5 Å². The second kappa shape index (κ2) is 11.6. The van der Waals surface area contributed by atoms with E-state index >= 15 is 0 Å². The van der Waals surface area contributed by atoms with Crippen LogP contribution in [-0.4, -0.2) is 85.9 Å². The van der Waals surface area contributed by atoms with E-state index in [9.17, 15) is 14.4 Å². The topological polar surface area (TPSA) is 134 Å². The number of hydrogen-bond acceptors (Lipinski definition) is 8. The average molecular weight is 466 g/mol. The predicted molar refractivity (Wildman–Crippen MR) is 118 cm³/mol. The van der Waals surface area contributed by atoms with Crippen molar-refractivity contribution in [3.8, 4) is 0 Å². The van der Waals surface area contributed by atoms with Crippen LogP contribution in [0.3, 0.4) is 0 Å². The standard InChI is InChI=1S/C22H35N5O6/c1-4-32-20(28)18-10-17(24-25-23)13-26(18)11-14-6-7-15-12-27(22(30)31-3)19(9-16(15)8-14)21(29)33-5-2/h14-19H,4-13H2,1-3H3. The van der Waals surface area contributed by atoms with E-state index in [4.69, 9.17) is 19.7 Å². The molecule has 1 aliphatic carbocycles. The molecule has 0 bridgehead atoms. The smallest absolute Gasteiger partial charge is 0.410 e. The molecule has 2 aliphatic heterocycles. The zero-order chi connectivity index (χ0) is 24.0. The van der Waals surface area contributed by atoms with Crippen LogP contribution in [0.15, 0.2) is 5.11 Å². The summed E-state index contributed by atoms with van der Waals surface area (Å²) in [6, 6.07) is -1.27. The number of carbonyl (C=O) groups is 3. The van der Waals surface area contributed by atoms with Gasteiger partial charge in [-0.05, 0) is 69.2 Å². The summed E-state index contributed by atoms with van der Waals surface area (Å²) >= 11 is 0. The molecule has 0 aromatic carbocycles. The number of rotatable bonds is 7. The van der Waals surface area contributed by atoms with Gasteiger partial charge in [-0.3, -0.25) is 14.6 Å². The fourth-order valence-corrected chi connectivity index (χ4v) is 5.75. The summed E-state index contributed by atoms with van der Waals surface area (Å²) < 4.78 is 15.4. The average Bonchev–Trinajstić information content (AvgIpc) is 3.20. The first kappa shape index (κ1) is 25.1. The number of hydrogen-bond donors (Lipinski definition) is 0. The first-order chi connectivity index (χ1) is 15.9. The molecule has 3 aliphatic rings. The minimum Gasteiger partial charge on any atom is -0.465 e. The number of nitrogens with zero attached hydrogens (tertiary/aromatic N) is 5. The van der Waals surface area contributed by atoms with Gasteiger partial charge in [-0.1, -0.05) is 5.11 Å². The molecule has 3 fully saturated rings. The van der Waals surface area contributed by atoms with Crippen LogP contribution in [0.1, 0.15) is 46.0 Å². The van der Waals surface area contributed by atoms with Crippen LogP contribution in [0.25, 0.3) is 10.4 Å². The molecule has 1 amide bonds. The Bertz CT molecular complexity index is 772. The highest BCUT2D eigenvalue weighted by atomic mass is 16.6. The molecule has 0 spiro atoms. The van der Waals surface area contributed by atoms with E-state index in [2.05, 4.69) is 14.9 Å². The number of ether oxygens (including phenoxy) is 3. The number of methoxy groups -OCH3 is 1.